The molecule has 6 rings (SSSR count). The molecule has 0 aliphatic carbocycles. The summed E-state index contributed by atoms with van der Waals surface area (Å²) in [7, 11) is 0. The Hall–Kier alpha value is -4.64. The van der Waals surface area contributed by atoms with Gasteiger partial charge in [-0.3, -0.25) is 4.90 Å². The fourth-order valence-corrected chi connectivity index (χ4v) is 7.98. The van der Waals surface area contributed by atoms with Crippen LogP contribution in [0.2, 0.25) is 0 Å². The first-order chi connectivity index (χ1) is 23.8. The van der Waals surface area contributed by atoms with Crippen LogP contribution in [0.5, 0.6) is 5.75 Å². The van der Waals surface area contributed by atoms with E-state index < -0.39 is 11.8 Å². The highest BCUT2D eigenvalue weighted by Gasteiger charge is 2.27. The minimum Gasteiger partial charge on any atom is -0.491 e. The molecule has 0 atom stereocenters. The van der Waals surface area contributed by atoms with Gasteiger partial charge < -0.3 is 31.5 Å². The van der Waals surface area contributed by atoms with Crippen LogP contribution in [0.15, 0.2) is 65.3 Å². The van der Waals surface area contributed by atoms with Crippen molar-refractivity contribution in [2.75, 3.05) is 43.0 Å². The number of thiazole rings is 2. The fourth-order valence-electron chi connectivity index (χ4n) is 5.97. The number of carbonyl (C=O) groups is 1. The number of carboxylic acid groups (broad SMARTS) is 1. The lowest BCUT2D eigenvalue weighted by molar-refractivity contribution is 0.0690. The van der Waals surface area contributed by atoms with E-state index in [9.17, 15) is 14.3 Å². The van der Waals surface area contributed by atoms with Crippen molar-refractivity contribution in [3.05, 3.63) is 87.2 Å². The fraction of sp³-hybridized carbons (Fsp3) is 0.361. The third kappa shape index (κ3) is 8.33. The molecule has 0 amide bonds. The normalized spacial score (nSPS) is 15.9. The van der Waals surface area contributed by atoms with Crippen LogP contribution in [0.4, 0.5) is 14.7 Å². The SMILES string of the molecule is C/C(C1=C(N)N(c2nc(C(=O)O)c(CCCOc3ccc(C#CCN4CCCCC4)cc3F)s2)CCC1)=C(/N)Nc1nc2ccccc2s1. The zero-order chi connectivity index (χ0) is 34.3. The number of allylic oxidation sites excluding steroid dienone is 2. The highest BCUT2D eigenvalue weighted by Crippen LogP contribution is 2.35. The van der Waals surface area contributed by atoms with Crippen LogP contribution in [0, 0.1) is 17.7 Å². The van der Waals surface area contributed by atoms with E-state index >= 15 is 0 Å². The van der Waals surface area contributed by atoms with E-state index in [1.807, 2.05) is 36.1 Å². The maximum Gasteiger partial charge on any atom is 0.355 e. The third-order valence-corrected chi connectivity index (χ3v) is 10.7. The van der Waals surface area contributed by atoms with Crippen molar-refractivity contribution in [3.8, 4) is 17.6 Å². The van der Waals surface area contributed by atoms with E-state index in [-0.39, 0.29) is 18.1 Å². The largest absolute Gasteiger partial charge is 0.491 e. The van der Waals surface area contributed by atoms with Crippen molar-refractivity contribution in [3.63, 3.8) is 0 Å². The molecule has 256 valence electrons. The Bertz CT molecular complexity index is 1920. The topological polar surface area (TPSA) is 143 Å². The number of hydrogen-bond acceptors (Lipinski definition) is 11. The summed E-state index contributed by atoms with van der Waals surface area (Å²) in [4.78, 5) is 26.0. The van der Waals surface area contributed by atoms with Crippen molar-refractivity contribution in [1.29, 1.82) is 0 Å². The van der Waals surface area contributed by atoms with Crippen molar-refractivity contribution < 1.29 is 19.0 Å². The van der Waals surface area contributed by atoms with Crippen LogP contribution in [0.25, 0.3) is 10.2 Å². The molecular weight excluding hydrogens is 662 g/mol. The minimum absolute atomic E-state index is 0.0112. The zero-order valence-corrected chi connectivity index (χ0v) is 29.1. The quantitative estimate of drug-likeness (QED) is 0.101. The van der Waals surface area contributed by atoms with Crippen molar-refractivity contribution in [2.45, 2.75) is 51.9 Å². The molecule has 49 heavy (non-hydrogen) atoms. The number of piperidine rings is 1. The lowest BCUT2D eigenvalue weighted by atomic mass is 9.99. The maximum atomic E-state index is 14.8. The summed E-state index contributed by atoms with van der Waals surface area (Å²) in [5.41, 5.74) is 16.3. The second-order valence-electron chi connectivity index (χ2n) is 12.1. The second-order valence-corrected chi connectivity index (χ2v) is 14.2. The molecule has 10 nitrogen and oxygen atoms in total. The number of fused-ring (bicyclic) bond motifs is 1. The number of para-hydroxylation sites is 1. The number of nitrogens with zero attached hydrogens (tertiary/aromatic N) is 4. The number of ether oxygens (including phenoxy) is 1. The first-order valence-corrected chi connectivity index (χ1v) is 18.1. The molecule has 2 aromatic carbocycles. The van der Waals surface area contributed by atoms with Gasteiger partial charge in [-0.1, -0.05) is 41.7 Å². The summed E-state index contributed by atoms with van der Waals surface area (Å²) >= 11 is 2.81. The number of carboxylic acids is 1. The predicted octanol–water partition coefficient (Wildman–Crippen LogP) is 6.51. The number of anilines is 2. The molecule has 2 aromatic heterocycles. The van der Waals surface area contributed by atoms with Crippen molar-refractivity contribution in [1.82, 2.24) is 14.9 Å². The average molecular weight is 702 g/mol. The average Bonchev–Trinajstić information content (AvgIpc) is 3.72. The molecule has 1 saturated heterocycles. The first kappa shape index (κ1) is 34.2. The lowest BCUT2D eigenvalue weighted by Gasteiger charge is -2.30. The van der Waals surface area contributed by atoms with Crippen molar-refractivity contribution in [2.24, 2.45) is 11.5 Å². The van der Waals surface area contributed by atoms with Gasteiger partial charge in [-0.2, -0.15) is 0 Å². The van der Waals surface area contributed by atoms with Crippen LogP contribution >= 0.6 is 22.7 Å². The van der Waals surface area contributed by atoms with Gasteiger partial charge in [0.05, 0.1) is 23.4 Å². The van der Waals surface area contributed by atoms with Gasteiger partial charge in [-0.15, -0.1) is 11.3 Å². The third-order valence-electron chi connectivity index (χ3n) is 8.64. The summed E-state index contributed by atoms with van der Waals surface area (Å²) in [6.45, 7) is 5.54. The summed E-state index contributed by atoms with van der Waals surface area (Å²) < 4.78 is 21.5. The molecule has 4 aromatic rings. The maximum absolute atomic E-state index is 14.8. The van der Waals surface area contributed by atoms with Crippen LogP contribution in [0.3, 0.4) is 0 Å². The number of aromatic nitrogens is 2. The van der Waals surface area contributed by atoms with Gasteiger partial charge in [0.25, 0.3) is 0 Å². The van der Waals surface area contributed by atoms with Gasteiger partial charge in [0, 0.05) is 17.0 Å². The molecule has 4 heterocycles. The smallest absolute Gasteiger partial charge is 0.355 e. The zero-order valence-electron chi connectivity index (χ0n) is 27.4. The van der Waals surface area contributed by atoms with E-state index in [2.05, 4.69) is 32.0 Å². The van der Waals surface area contributed by atoms with Gasteiger partial charge in [0.1, 0.15) is 11.6 Å². The van der Waals surface area contributed by atoms with E-state index in [1.54, 1.807) is 12.1 Å². The van der Waals surface area contributed by atoms with Gasteiger partial charge in [-0.25, -0.2) is 19.2 Å². The van der Waals surface area contributed by atoms with Gasteiger partial charge in [-0.05, 0) is 100 Å². The summed E-state index contributed by atoms with van der Waals surface area (Å²) in [6, 6.07) is 12.6. The van der Waals surface area contributed by atoms with Gasteiger partial charge in [0.15, 0.2) is 27.5 Å². The number of halogens is 1. The van der Waals surface area contributed by atoms with Gasteiger partial charge >= 0.3 is 5.97 Å². The molecule has 2 aliphatic rings. The number of hydrogen-bond donors (Lipinski definition) is 4. The van der Waals surface area contributed by atoms with Crippen LogP contribution in [0.1, 0.15) is 66.4 Å². The Balaban J connectivity index is 1.08. The molecular formula is C36H40FN7O3S2. The lowest BCUT2D eigenvalue weighted by Crippen LogP contribution is -2.34. The molecule has 0 saturated carbocycles. The Labute approximate surface area is 293 Å². The first-order valence-electron chi connectivity index (χ1n) is 16.5. The Morgan fingerprint density at radius 3 is 2.69 bits per heavy atom. The number of aromatic carboxylic acids is 1. The number of benzene rings is 2. The second kappa shape index (κ2) is 15.7. The molecule has 0 unspecified atom stereocenters. The molecule has 13 heteroatoms. The van der Waals surface area contributed by atoms with E-state index in [1.165, 1.54) is 48.0 Å². The van der Waals surface area contributed by atoms with E-state index in [0.717, 1.165) is 47.3 Å². The molecule has 0 radical (unpaired) electrons. The monoisotopic (exact) mass is 701 g/mol. The Kier molecular flexibility index (Phi) is 11.0. The van der Waals surface area contributed by atoms with Crippen LogP contribution < -0.4 is 26.4 Å². The minimum atomic E-state index is -1.11. The van der Waals surface area contributed by atoms with Gasteiger partial charge in [0.2, 0.25) is 0 Å². The van der Waals surface area contributed by atoms with Crippen molar-refractivity contribution >= 4 is 49.1 Å². The summed E-state index contributed by atoms with van der Waals surface area (Å²) in [5, 5.41) is 14.4. The summed E-state index contributed by atoms with van der Waals surface area (Å²) in [5.74, 6) is 5.70. The molecule has 2 aliphatic heterocycles. The van der Waals surface area contributed by atoms with E-state index in [0.29, 0.717) is 58.3 Å². The number of nitrogens with two attached hydrogens (primary N) is 2. The Morgan fingerprint density at radius 2 is 1.92 bits per heavy atom. The molecule has 1 fully saturated rings. The highest BCUT2D eigenvalue weighted by molar-refractivity contribution is 7.22. The number of rotatable bonds is 11. The Morgan fingerprint density at radius 1 is 1.10 bits per heavy atom. The standard InChI is InChI=1S/C36H40FN7O3S2/c1-23(32(38)42-35-40-27-12-3-4-13-29(27)48-35)25-11-8-20-44(33(25)39)36-41-31(34(45)46)30(49-36)14-9-21-47-28-16-15-24(22-26(28)37)10-7-19-43-17-5-2-6-18-43/h3-4,12-13,15-16,22H,2,5-6,8-9,11,14,17-21,38-39H2,1H3,(H,40,42)(H,45,46)/b32-23+. The highest BCUT2D eigenvalue weighted by atomic mass is 32.1. The molecule has 6 N–H and O–H groups in total. The van der Waals surface area contributed by atoms with Crippen LogP contribution in [-0.2, 0) is 6.42 Å². The number of aryl methyl sites for hydroxylation is 1. The number of nitrogens with one attached hydrogen (secondary N) is 1. The molecule has 0 bridgehead atoms. The summed E-state index contributed by atoms with van der Waals surface area (Å²) in [6.07, 6.45) is 6.08. The van der Waals surface area contributed by atoms with Crippen LogP contribution in [-0.4, -0.2) is 58.7 Å². The number of likely N-dealkylation sites (tertiary alicyclic amines) is 1. The van der Waals surface area contributed by atoms with E-state index in [4.69, 9.17) is 16.2 Å². The molecule has 0 spiro atoms. The predicted molar refractivity (Wildman–Crippen MR) is 194 cm³/mol.